The molecule has 0 aliphatic rings. The van der Waals surface area contributed by atoms with Gasteiger partial charge in [-0.15, -0.1) is 0 Å². The number of aromatic nitrogens is 4. The highest BCUT2D eigenvalue weighted by atomic mass is 35.5. The molecule has 4 heterocycles. The van der Waals surface area contributed by atoms with Gasteiger partial charge in [0.1, 0.15) is 0 Å². The van der Waals surface area contributed by atoms with Crippen LogP contribution in [0.2, 0.25) is 10.0 Å². The first-order chi connectivity index (χ1) is 21.2. The number of halogens is 2. The van der Waals surface area contributed by atoms with Gasteiger partial charge in [0, 0.05) is 95.4 Å². The van der Waals surface area contributed by atoms with Gasteiger partial charge in [-0.2, -0.15) is 0 Å². The fourth-order valence-electron chi connectivity index (χ4n) is 6.39. The Morgan fingerprint density at radius 2 is 1.14 bits per heavy atom. The summed E-state index contributed by atoms with van der Waals surface area (Å²) in [4.78, 5) is 18.0. The third-order valence-electron chi connectivity index (χ3n) is 8.55. The number of rotatable bonds is 3. The van der Waals surface area contributed by atoms with E-state index in [4.69, 9.17) is 23.2 Å². The van der Waals surface area contributed by atoms with Gasteiger partial charge in [-0.25, -0.2) is 0 Å². The summed E-state index contributed by atoms with van der Waals surface area (Å²) in [7, 11) is 0. The summed E-state index contributed by atoms with van der Waals surface area (Å²) in [6, 6.07) is 22.2. The molecule has 0 saturated heterocycles. The SMILES string of the molecule is Cc1cc(-n2ccc(C=O)c2)c(C)c2c1[nH]c1ccc(Cl)cc12.Cc1cc(-n2cccc2)c(C)c2c1[nH]c1ccc(Cl)cc12. The van der Waals surface area contributed by atoms with E-state index in [1.54, 1.807) is 0 Å². The summed E-state index contributed by atoms with van der Waals surface area (Å²) in [6.07, 6.45) is 8.79. The lowest BCUT2D eigenvalue weighted by atomic mass is 10.0. The van der Waals surface area contributed by atoms with Crippen LogP contribution < -0.4 is 0 Å². The molecule has 218 valence electrons. The number of hydrogen-bond acceptors (Lipinski definition) is 1. The first kappa shape index (κ1) is 28.1. The number of aldehydes is 1. The number of carbonyl (C=O) groups excluding carboxylic acids is 1. The molecular formula is C37H30Cl2N4O. The van der Waals surface area contributed by atoms with E-state index >= 15 is 0 Å². The standard InChI is InChI=1S/C19H15ClN2O.C18H15ClN2/c1-11-7-17(22-6-5-13(9-22)10-23)12(2)18-15-8-14(20)3-4-16(15)21-19(11)18;1-11-9-16(21-7-3-4-8-21)12(2)17-14-10-13(19)5-6-15(14)20-18(11)17/h3-10,21H,1-2H3;3-10,20H,1-2H3. The first-order valence-electron chi connectivity index (χ1n) is 14.4. The second-order valence-corrected chi connectivity index (χ2v) is 12.2. The van der Waals surface area contributed by atoms with Crippen molar-refractivity contribution < 1.29 is 4.79 Å². The van der Waals surface area contributed by atoms with E-state index in [0.29, 0.717) is 5.56 Å². The van der Waals surface area contributed by atoms with Crippen LogP contribution in [0.4, 0.5) is 0 Å². The lowest BCUT2D eigenvalue weighted by Crippen LogP contribution is -1.96. The highest BCUT2D eigenvalue weighted by Crippen LogP contribution is 2.36. The average molecular weight is 618 g/mol. The fraction of sp³-hybridized carbons (Fsp3) is 0.108. The average Bonchev–Trinajstić information content (AvgIpc) is 3.82. The zero-order valence-corrected chi connectivity index (χ0v) is 26.3. The van der Waals surface area contributed by atoms with Gasteiger partial charge < -0.3 is 19.1 Å². The quantitative estimate of drug-likeness (QED) is 0.191. The summed E-state index contributed by atoms with van der Waals surface area (Å²) < 4.78 is 4.15. The Morgan fingerprint density at radius 1 is 0.636 bits per heavy atom. The zero-order chi connectivity index (χ0) is 30.7. The third-order valence-corrected chi connectivity index (χ3v) is 9.02. The van der Waals surface area contributed by atoms with Crippen LogP contribution in [0.25, 0.3) is 55.0 Å². The van der Waals surface area contributed by atoms with Crippen LogP contribution in [0, 0.1) is 27.7 Å². The molecular weight excluding hydrogens is 587 g/mol. The Kier molecular flexibility index (Phi) is 6.88. The van der Waals surface area contributed by atoms with Crippen LogP contribution in [-0.4, -0.2) is 25.4 Å². The third kappa shape index (κ3) is 4.60. The van der Waals surface area contributed by atoms with Crippen molar-refractivity contribution in [3.05, 3.63) is 129 Å². The maximum Gasteiger partial charge on any atom is 0.151 e. The van der Waals surface area contributed by atoms with Crippen molar-refractivity contribution in [1.29, 1.82) is 0 Å². The largest absolute Gasteiger partial charge is 0.354 e. The number of nitrogens with one attached hydrogen (secondary N) is 2. The molecule has 44 heavy (non-hydrogen) atoms. The molecule has 0 aliphatic heterocycles. The number of fused-ring (bicyclic) bond motifs is 6. The van der Waals surface area contributed by atoms with Gasteiger partial charge in [0.25, 0.3) is 0 Å². The first-order valence-corrected chi connectivity index (χ1v) is 15.2. The Labute approximate surface area is 264 Å². The molecule has 2 N–H and O–H groups in total. The van der Waals surface area contributed by atoms with Crippen molar-refractivity contribution in [3.8, 4) is 11.4 Å². The molecule has 0 radical (unpaired) electrons. The number of benzene rings is 4. The monoisotopic (exact) mass is 616 g/mol. The van der Waals surface area contributed by atoms with Crippen molar-refractivity contribution in [1.82, 2.24) is 19.1 Å². The lowest BCUT2D eigenvalue weighted by molar-refractivity contribution is 0.112. The predicted octanol–water partition coefficient (Wildman–Crippen LogP) is 10.6. The van der Waals surface area contributed by atoms with E-state index < -0.39 is 0 Å². The Hall–Kier alpha value is -4.71. The summed E-state index contributed by atoms with van der Waals surface area (Å²) >= 11 is 12.4. The smallest absolute Gasteiger partial charge is 0.151 e. The van der Waals surface area contributed by atoms with Crippen molar-refractivity contribution in [2.75, 3.05) is 0 Å². The highest BCUT2D eigenvalue weighted by molar-refractivity contribution is 6.32. The molecule has 4 aromatic heterocycles. The van der Waals surface area contributed by atoms with Crippen LogP contribution >= 0.6 is 23.2 Å². The Balaban J connectivity index is 0.000000143. The minimum absolute atomic E-state index is 0.670. The fourth-order valence-corrected chi connectivity index (χ4v) is 6.73. The van der Waals surface area contributed by atoms with E-state index in [1.165, 1.54) is 38.5 Å². The normalized spacial score (nSPS) is 11.5. The minimum atomic E-state index is 0.670. The van der Waals surface area contributed by atoms with Crippen LogP contribution in [-0.2, 0) is 0 Å². The summed E-state index contributed by atoms with van der Waals surface area (Å²) in [5, 5.41) is 6.25. The van der Waals surface area contributed by atoms with Crippen molar-refractivity contribution in [2.45, 2.75) is 27.7 Å². The summed E-state index contributed by atoms with van der Waals surface area (Å²) in [5.74, 6) is 0. The maximum absolute atomic E-state index is 11.0. The van der Waals surface area contributed by atoms with E-state index in [2.05, 4.69) is 66.8 Å². The second kappa shape index (κ2) is 10.8. The van der Waals surface area contributed by atoms with Gasteiger partial charge in [-0.3, -0.25) is 4.79 Å². The molecule has 0 bridgehead atoms. The lowest BCUT2D eigenvalue weighted by Gasteiger charge is -2.11. The molecule has 0 atom stereocenters. The molecule has 8 aromatic rings. The predicted molar refractivity (Wildman–Crippen MR) is 185 cm³/mol. The minimum Gasteiger partial charge on any atom is -0.354 e. The number of H-pyrrole nitrogens is 2. The van der Waals surface area contributed by atoms with Crippen LogP contribution in [0.1, 0.15) is 32.6 Å². The molecule has 0 unspecified atom stereocenters. The van der Waals surface area contributed by atoms with Gasteiger partial charge in [-0.1, -0.05) is 23.2 Å². The maximum atomic E-state index is 11.0. The van der Waals surface area contributed by atoms with Crippen LogP contribution in [0.3, 0.4) is 0 Å². The molecule has 0 saturated carbocycles. The Morgan fingerprint density at radius 3 is 1.61 bits per heavy atom. The van der Waals surface area contributed by atoms with E-state index in [0.717, 1.165) is 55.1 Å². The van der Waals surface area contributed by atoms with Crippen LogP contribution in [0.5, 0.6) is 0 Å². The van der Waals surface area contributed by atoms with Gasteiger partial charge in [0.15, 0.2) is 6.29 Å². The van der Waals surface area contributed by atoms with E-state index in [1.807, 2.05) is 71.6 Å². The highest BCUT2D eigenvalue weighted by Gasteiger charge is 2.15. The number of aryl methyl sites for hydroxylation is 4. The molecule has 8 rings (SSSR count). The van der Waals surface area contributed by atoms with Gasteiger partial charge in [-0.05, 0) is 117 Å². The second-order valence-electron chi connectivity index (χ2n) is 11.4. The van der Waals surface area contributed by atoms with E-state index in [-0.39, 0.29) is 0 Å². The molecule has 0 amide bonds. The van der Waals surface area contributed by atoms with Crippen molar-refractivity contribution in [3.63, 3.8) is 0 Å². The van der Waals surface area contributed by atoms with Crippen molar-refractivity contribution >= 4 is 73.1 Å². The van der Waals surface area contributed by atoms with Crippen LogP contribution in [0.15, 0.2) is 91.5 Å². The molecule has 0 spiro atoms. The molecule has 0 aliphatic carbocycles. The summed E-state index contributed by atoms with van der Waals surface area (Å²) in [6.45, 7) is 8.51. The molecule has 5 nitrogen and oxygen atoms in total. The molecule has 0 fully saturated rings. The van der Waals surface area contributed by atoms with E-state index in [9.17, 15) is 4.79 Å². The van der Waals surface area contributed by atoms with Gasteiger partial charge >= 0.3 is 0 Å². The Bertz CT molecular complexity index is 2370. The van der Waals surface area contributed by atoms with Gasteiger partial charge in [0.2, 0.25) is 0 Å². The molecule has 7 heteroatoms. The number of nitrogens with zero attached hydrogens (tertiary/aromatic N) is 2. The summed E-state index contributed by atoms with van der Waals surface area (Å²) in [5.41, 5.74) is 12.3. The molecule has 4 aromatic carbocycles. The topological polar surface area (TPSA) is 58.5 Å². The van der Waals surface area contributed by atoms with Crippen molar-refractivity contribution in [2.24, 2.45) is 0 Å². The number of hydrogen-bond donors (Lipinski definition) is 2. The number of aromatic amines is 2. The number of carbonyl (C=O) groups is 1. The zero-order valence-electron chi connectivity index (χ0n) is 24.8. The van der Waals surface area contributed by atoms with Gasteiger partial charge in [0.05, 0.1) is 0 Å².